The molecular formula is C20H22BrFN2O2. The van der Waals surface area contributed by atoms with Crippen molar-refractivity contribution < 1.29 is 13.9 Å². The highest BCUT2D eigenvalue weighted by Crippen LogP contribution is 2.30. The van der Waals surface area contributed by atoms with E-state index < -0.39 is 0 Å². The first-order valence-corrected chi connectivity index (χ1v) is 9.49. The molecule has 0 spiro atoms. The zero-order chi connectivity index (χ0) is 18.7. The number of piperidine rings is 1. The highest BCUT2D eigenvalue weighted by Gasteiger charge is 2.18. The Morgan fingerprint density at radius 1 is 1.19 bits per heavy atom. The Labute approximate surface area is 161 Å². The van der Waals surface area contributed by atoms with Crippen molar-refractivity contribution in [3.8, 4) is 5.75 Å². The topological polar surface area (TPSA) is 41.6 Å². The molecule has 0 unspecified atom stereocenters. The molecule has 1 N–H and O–H groups in total. The predicted molar refractivity (Wildman–Crippen MR) is 106 cm³/mol. The first-order valence-electron chi connectivity index (χ1n) is 8.69. The lowest BCUT2D eigenvalue weighted by molar-refractivity contribution is 0.102. The number of nitrogens with one attached hydrogen (secondary N) is 1. The number of carbonyl (C=O) groups is 1. The Balaban J connectivity index is 1.81. The number of rotatable bonds is 4. The molecule has 6 heteroatoms. The molecule has 1 heterocycles. The van der Waals surface area contributed by atoms with Crippen LogP contribution in [0.1, 0.15) is 35.2 Å². The third kappa shape index (κ3) is 4.01. The number of carbonyl (C=O) groups excluding carboxylic acids is 1. The average molecular weight is 421 g/mol. The van der Waals surface area contributed by atoms with Gasteiger partial charge in [0.25, 0.3) is 5.91 Å². The van der Waals surface area contributed by atoms with Crippen molar-refractivity contribution in [1.29, 1.82) is 0 Å². The normalized spacial score (nSPS) is 14.2. The Hall–Kier alpha value is -2.08. The minimum Gasteiger partial charge on any atom is -0.496 e. The molecule has 1 aliphatic heterocycles. The Morgan fingerprint density at radius 3 is 2.58 bits per heavy atom. The van der Waals surface area contributed by atoms with Crippen LogP contribution >= 0.6 is 15.9 Å². The molecule has 0 aromatic heterocycles. The SMILES string of the molecule is COc1c(C)cc(Br)cc1C(=O)Nc1ccc(N2CCCCC2)c(F)c1. The summed E-state index contributed by atoms with van der Waals surface area (Å²) < 4.78 is 20.7. The summed E-state index contributed by atoms with van der Waals surface area (Å²) in [6, 6.07) is 8.42. The summed E-state index contributed by atoms with van der Waals surface area (Å²) in [6.45, 7) is 3.61. The predicted octanol–water partition coefficient (Wildman–Crippen LogP) is 5.15. The molecule has 1 aliphatic rings. The number of ether oxygens (including phenoxy) is 1. The minimum atomic E-state index is -0.337. The van der Waals surface area contributed by atoms with Crippen molar-refractivity contribution in [3.63, 3.8) is 0 Å². The van der Waals surface area contributed by atoms with Crippen molar-refractivity contribution >= 4 is 33.2 Å². The second-order valence-electron chi connectivity index (χ2n) is 6.47. The van der Waals surface area contributed by atoms with E-state index >= 15 is 0 Å². The largest absolute Gasteiger partial charge is 0.496 e. The maximum Gasteiger partial charge on any atom is 0.259 e. The van der Waals surface area contributed by atoms with E-state index in [9.17, 15) is 9.18 Å². The van der Waals surface area contributed by atoms with Gasteiger partial charge in [-0.25, -0.2) is 4.39 Å². The van der Waals surface area contributed by atoms with Gasteiger partial charge in [-0.15, -0.1) is 0 Å². The first kappa shape index (κ1) is 18.7. The summed E-state index contributed by atoms with van der Waals surface area (Å²) in [5.74, 6) is -0.144. The lowest BCUT2D eigenvalue weighted by Gasteiger charge is -2.29. The van der Waals surface area contributed by atoms with Gasteiger partial charge in [-0.05, 0) is 62.1 Å². The second-order valence-corrected chi connectivity index (χ2v) is 7.39. The number of hydrogen-bond donors (Lipinski definition) is 1. The Kier molecular flexibility index (Phi) is 5.81. The van der Waals surface area contributed by atoms with E-state index in [-0.39, 0.29) is 11.7 Å². The summed E-state index contributed by atoms with van der Waals surface area (Å²) in [5.41, 5.74) is 2.27. The van der Waals surface area contributed by atoms with Crippen LogP contribution in [-0.4, -0.2) is 26.1 Å². The molecule has 1 fully saturated rings. The van der Waals surface area contributed by atoms with Gasteiger partial charge < -0.3 is 15.0 Å². The number of halogens is 2. The summed E-state index contributed by atoms with van der Waals surface area (Å²) in [7, 11) is 1.53. The summed E-state index contributed by atoms with van der Waals surface area (Å²) in [4.78, 5) is 14.7. The molecule has 0 radical (unpaired) electrons. The van der Waals surface area contributed by atoms with Crippen LogP contribution in [0, 0.1) is 12.7 Å². The molecule has 4 nitrogen and oxygen atoms in total. The lowest BCUT2D eigenvalue weighted by atomic mass is 10.1. The van der Waals surface area contributed by atoms with Crippen molar-refractivity contribution in [3.05, 3.63) is 51.7 Å². The average Bonchev–Trinajstić information content (AvgIpc) is 2.62. The molecule has 0 atom stereocenters. The van der Waals surface area contributed by atoms with Crippen molar-refractivity contribution in [2.75, 3.05) is 30.4 Å². The van der Waals surface area contributed by atoms with Gasteiger partial charge in [0.05, 0.1) is 18.4 Å². The lowest BCUT2D eigenvalue weighted by Crippen LogP contribution is -2.30. The van der Waals surface area contributed by atoms with Crippen molar-refractivity contribution in [2.24, 2.45) is 0 Å². The van der Waals surface area contributed by atoms with E-state index in [0.717, 1.165) is 36.0 Å². The van der Waals surface area contributed by atoms with Crippen LogP contribution in [0.25, 0.3) is 0 Å². The molecule has 1 amide bonds. The van der Waals surface area contributed by atoms with Gasteiger partial charge >= 0.3 is 0 Å². The number of amides is 1. The van der Waals surface area contributed by atoms with Crippen LogP contribution in [0.5, 0.6) is 5.75 Å². The molecule has 2 aromatic rings. The van der Waals surface area contributed by atoms with Crippen LogP contribution in [0.3, 0.4) is 0 Å². The zero-order valence-electron chi connectivity index (χ0n) is 14.9. The standard InChI is InChI=1S/C20H22BrFN2O2/c1-13-10-14(21)11-16(19(13)26-2)20(25)23-15-6-7-18(17(22)12-15)24-8-4-3-5-9-24/h6-7,10-12H,3-5,8-9H2,1-2H3,(H,23,25). The number of hydrogen-bond acceptors (Lipinski definition) is 3. The smallest absolute Gasteiger partial charge is 0.259 e. The number of nitrogens with zero attached hydrogens (tertiary/aromatic N) is 1. The van der Waals surface area contributed by atoms with Crippen LogP contribution in [0.15, 0.2) is 34.8 Å². The fraction of sp³-hybridized carbons (Fsp3) is 0.350. The molecule has 0 saturated carbocycles. The molecular weight excluding hydrogens is 399 g/mol. The van der Waals surface area contributed by atoms with Crippen LogP contribution in [0.4, 0.5) is 15.8 Å². The fourth-order valence-corrected chi connectivity index (χ4v) is 3.92. The molecule has 138 valence electrons. The second kappa shape index (κ2) is 8.08. The highest BCUT2D eigenvalue weighted by atomic mass is 79.9. The van der Waals surface area contributed by atoms with Crippen LogP contribution in [0.2, 0.25) is 0 Å². The Morgan fingerprint density at radius 2 is 1.92 bits per heavy atom. The number of methoxy groups -OCH3 is 1. The quantitative estimate of drug-likeness (QED) is 0.743. The van der Waals surface area contributed by atoms with Gasteiger partial charge in [-0.1, -0.05) is 15.9 Å². The maximum absolute atomic E-state index is 14.5. The van der Waals surface area contributed by atoms with Gasteiger partial charge in [0, 0.05) is 23.2 Å². The zero-order valence-corrected chi connectivity index (χ0v) is 16.5. The third-order valence-corrected chi connectivity index (χ3v) is 5.05. The molecule has 0 aliphatic carbocycles. The molecule has 1 saturated heterocycles. The van der Waals surface area contributed by atoms with E-state index in [1.165, 1.54) is 19.6 Å². The monoisotopic (exact) mass is 420 g/mol. The first-order chi connectivity index (χ1) is 12.5. The van der Waals surface area contributed by atoms with Gasteiger partial charge in [0.15, 0.2) is 0 Å². The van der Waals surface area contributed by atoms with E-state index in [4.69, 9.17) is 4.74 Å². The number of aryl methyl sites for hydroxylation is 1. The van der Waals surface area contributed by atoms with E-state index in [1.54, 1.807) is 18.2 Å². The van der Waals surface area contributed by atoms with E-state index in [1.807, 2.05) is 13.0 Å². The highest BCUT2D eigenvalue weighted by molar-refractivity contribution is 9.10. The summed E-state index contributed by atoms with van der Waals surface area (Å²) >= 11 is 3.39. The number of benzene rings is 2. The van der Waals surface area contributed by atoms with E-state index in [0.29, 0.717) is 22.7 Å². The van der Waals surface area contributed by atoms with Gasteiger partial charge in [-0.3, -0.25) is 4.79 Å². The van der Waals surface area contributed by atoms with Crippen molar-refractivity contribution in [1.82, 2.24) is 0 Å². The Bertz CT molecular complexity index is 820. The summed E-state index contributed by atoms with van der Waals surface area (Å²) in [5, 5.41) is 2.76. The van der Waals surface area contributed by atoms with Crippen molar-refractivity contribution in [2.45, 2.75) is 26.2 Å². The summed E-state index contributed by atoms with van der Waals surface area (Å²) in [6.07, 6.45) is 3.36. The molecule has 3 rings (SSSR count). The number of anilines is 2. The molecule has 0 bridgehead atoms. The van der Waals surface area contributed by atoms with Gasteiger partial charge in [0.2, 0.25) is 0 Å². The fourth-order valence-electron chi connectivity index (χ4n) is 3.34. The van der Waals surface area contributed by atoms with Gasteiger partial charge in [-0.2, -0.15) is 0 Å². The molecule has 26 heavy (non-hydrogen) atoms. The van der Waals surface area contributed by atoms with E-state index in [2.05, 4.69) is 26.1 Å². The van der Waals surface area contributed by atoms with Crippen LogP contribution in [-0.2, 0) is 0 Å². The van der Waals surface area contributed by atoms with Gasteiger partial charge in [0.1, 0.15) is 11.6 Å². The van der Waals surface area contributed by atoms with Crippen LogP contribution < -0.4 is 15.0 Å². The third-order valence-electron chi connectivity index (χ3n) is 4.59. The molecule has 2 aromatic carbocycles. The minimum absolute atomic E-state index is 0.318. The maximum atomic E-state index is 14.5.